The fourth-order valence-electron chi connectivity index (χ4n) is 2.86. The number of carbonyl (C=O) groups is 1. The Labute approximate surface area is 135 Å². The van der Waals surface area contributed by atoms with E-state index in [-0.39, 0.29) is 5.91 Å². The summed E-state index contributed by atoms with van der Waals surface area (Å²) in [6.45, 7) is 5.92. The van der Waals surface area contributed by atoms with Crippen molar-refractivity contribution in [3.63, 3.8) is 0 Å². The Morgan fingerprint density at radius 3 is 2.64 bits per heavy atom. The summed E-state index contributed by atoms with van der Waals surface area (Å²) >= 11 is 1.65. The predicted molar refractivity (Wildman–Crippen MR) is 90.8 cm³/mol. The minimum absolute atomic E-state index is 0.0410. The molecule has 0 N–H and O–H groups in total. The molecule has 3 heterocycles. The van der Waals surface area contributed by atoms with Crippen molar-refractivity contribution in [1.82, 2.24) is 14.9 Å². The minimum Gasteiger partial charge on any atom is -0.362 e. The number of piperidine rings is 1. The van der Waals surface area contributed by atoms with E-state index in [0.717, 1.165) is 42.7 Å². The Hall–Kier alpha value is -1.69. The van der Waals surface area contributed by atoms with Gasteiger partial charge in [0.05, 0.1) is 10.9 Å². The molecule has 1 aliphatic rings. The molecule has 2 aromatic heterocycles. The van der Waals surface area contributed by atoms with Crippen LogP contribution < -0.4 is 4.90 Å². The van der Waals surface area contributed by atoms with Crippen LogP contribution >= 0.6 is 11.3 Å². The van der Waals surface area contributed by atoms with Gasteiger partial charge in [0.25, 0.3) is 5.91 Å². The summed E-state index contributed by atoms with van der Waals surface area (Å²) in [6, 6.07) is 0. The monoisotopic (exact) mass is 318 g/mol. The molecule has 118 valence electrons. The zero-order valence-corrected chi connectivity index (χ0v) is 14.4. The molecule has 0 bridgehead atoms. The molecular weight excluding hydrogens is 296 g/mol. The average molecular weight is 318 g/mol. The number of carbonyl (C=O) groups excluding carboxylic acids is 1. The van der Waals surface area contributed by atoms with E-state index in [1.54, 1.807) is 11.3 Å². The Bertz CT molecular complexity index is 701. The summed E-state index contributed by atoms with van der Waals surface area (Å²) < 4.78 is 0. The van der Waals surface area contributed by atoms with Gasteiger partial charge in [-0.05, 0) is 25.7 Å². The normalized spacial score (nSPS) is 16.3. The van der Waals surface area contributed by atoms with Gasteiger partial charge in [0.1, 0.15) is 5.82 Å². The maximum Gasteiger partial charge on any atom is 0.291 e. The van der Waals surface area contributed by atoms with Crippen LogP contribution in [0.15, 0.2) is 5.38 Å². The van der Waals surface area contributed by atoms with Gasteiger partial charge in [0.15, 0.2) is 0 Å². The van der Waals surface area contributed by atoms with Crippen LogP contribution in [0.1, 0.15) is 35.3 Å². The van der Waals surface area contributed by atoms with Gasteiger partial charge >= 0.3 is 0 Å². The Morgan fingerprint density at radius 1 is 1.32 bits per heavy atom. The molecule has 0 saturated carbocycles. The third kappa shape index (κ3) is 2.67. The molecule has 0 spiro atoms. The van der Waals surface area contributed by atoms with Crippen LogP contribution in [0.3, 0.4) is 0 Å². The van der Waals surface area contributed by atoms with Crippen molar-refractivity contribution >= 4 is 34.0 Å². The molecule has 22 heavy (non-hydrogen) atoms. The number of rotatable bonds is 2. The third-order valence-electron chi connectivity index (χ3n) is 4.30. The maximum atomic E-state index is 12.7. The van der Waals surface area contributed by atoms with E-state index in [0.29, 0.717) is 11.7 Å². The van der Waals surface area contributed by atoms with Crippen molar-refractivity contribution in [1.29, 1.82) is 0 Å². The van der Waals surface area contributed by atoms with Crippen molar-refractivity contribution in [2.45, 2.75) is 26.7 Å². The predicted octanol–water partition coefficient (Wildman–Crippen LogP) is 2.94. The van der Waals surface area contributed by atoms with Crippen LogP contribution in [0.25, 0.3) is 10.9 Å². The first-order valence-electron chi connectivity index (χ1n) is 7.69. The average Bonchev–Trinajstić information content (AvgIpc) is 2.88. The van der Waals surface area contributed by atoms with Gasteiger partial charge < -0.3 is 9.80 Å². The summed E-state index contributed by atoms with van der Waals surface area (Å²) in [5.74, 6) is 1.81. The van der Waals surface area contributed by atoms with Crippen molar-refractivity contribution in [2.75, 3.05) is 32.1 Å². The van der Waals surface area contributed by atoms with Crippen LogP contribution in [0, 0.1) is 12.8 Å². The fourth-order valence-corrected chi connectivity index (χ4v) is 3.64. The maximum absolute atomic E-state index is 12.7. The van der Waals surface area contributed by atoms with Crippen LogP contribution in [0.2, 0.25) is 0 Å². The molecule has 2 aromatic rings. The number of anilines is 1. The van der Waals surface area contributed by atoms with E-state index < -0.39 is 0 Å². The highest BCUT2D eigenvalue weighted by Gasteiger charge is 2.25. The zero-order valence-electron chi connectivity index (χ0n) is 13.6. The topological polar surface area (TPSA) is 49.3 Å². The van der Waals surface area contributed by atoms with Gasteiger partial charge in [-0.2, -0.15) is 0 Å². The van der Waals surface area contributed by atoms with Crippen LogP contribution in [-0.4, -0.2) is 48.0 Å². The molecule has 3 rings (SSSR count). The summed E-state index contributed by atoms with van der Waals surface area (Å²) in [4.78, 5) is 26.8. The van der Waals surface area contributed by atoms with Gasteiger partial charge in [0.2, 0.25) is 5.82 Å². The number of aryl methyl sites for hydroxylation is 1. The number of amides is 1. The lowest BCUT2D eigenvalue weighted by Crippen LogP contribution is -2.38. The molecule has 1 saturated heterocycles. The largest absolute Gasteiger partial charge is 0.362 e. The molecule has 1 amide bonds. The SMILES string of the molecule is Cc1scc2nc(C(=O)N3CCC(C)CC3)nc(N(C)C)c12. The second-order valence-electron chi connectivity index (χ2n) is 6.29. The highest BCUT2D eigenvalue weighted by Crippen LogP contribution is 2.31. The first-order valence-corrected chi connectivity index (χ1v) is 8.57. The zero-order chi connectivity index (χ0) is 15.9. The van der Waals surface area contributed by atoms with E-state index >= 15 is 0 Å². The number of fused-ring (bicyclic) bond motifs is 1. The first kappa shape index (κ1) is 15.2. The minimum atomic E-state index is -0.0410. The molecule has 0 aliphatic carbocycles. The van der Waals surface area contributed by atoms with Crippen molar-refractivity contribution < 1.29 is 4.79 Å². The summed E-state index contributed by atoms with van der Waals surface area (Å²) in [5.41, 5.74) is 0.870. The van der Waals surface area contributed by atoms with Gasteiger partial charge in [-0.15, -0.1) is 11.3 Å². The molecule has 0 unspecified atom stereocenters. The Morgan fingerprint density at radius 2 is 2.00 bits per heavy atom. The fraction of sp³-hybridized carbons (Fsp3) is 0.562. The van der Waals surface area contributed by atoms with E-state index in [9.17, 15) is 4.79 Å². The number of hydrogen-bond acceptors (Lipinski definition) is 5. The highest BCUT2D eigenvalue weighted by atomic mass is 32.1. The molecule has 1 fully saturated rings. The molecular formula is C16H22N4OS. The first-order chi connectivity index (χ1) is 10.5. The van der Waals surface area contributed by atoms with Crippen molar-refractivity contribution in [3.8, 4) is 0 Å². The van der Waals surface area contributed by atoms with E-state index in [1.165, 1.54) is 4.88 Å². The number of likely N-dealkylation sites (tertiary alicyclic amines) is 1. The highest BCUT2D eigenvalue weighted by molar-refractivity contribution is 7.11. The smallest absolute Gasteiger partial charge is 0.291 e. The van der Waals surface area contributed by atoms with Crippen molar-refractivity contribution in [2.24, 2.45) is 5.92 Å². The second-order valence-corrected chi connectivity index (χ2v) is 7.38. The summed E-state index contributed by atoms with van der Waals surface area (Å²) in [6.07, 6.45) is 2.12. The van der Waals surface area contributed by atoms with Crippen LogP contribution in [-0.2, 0) is 0 Å². The van der Waals surface area contributed by atoms with Gasteiger partial charge in [-0.1, -0.05) is 6.92 Å². The van der Waals surface area contributed by atoms with Gasteiger partial charge in [-0.3, -0.25) is 4.79 Å². The number of hydrogen-bond donors (Lipinski definition) is 0. The summed E-state index contributed by atoms with van der Waals surface area (Å²) in [7, 11) is 3.91. The quantitative estimate of drug-likeness (QED) is 0.854. The molecule has 0 atom stereocenters. The second kappa shape index (κ2) is 5.83. The van der Waals surface area contributed by atoms with E-state index in [4.69, 9.17) is 0 Å². The molecule has 5 nitrogen and oxygen atoms in total. The lowest BCUT2D eigenvalue weighted by molar-refractivity contribution is 0.0685. The van der Waals surface area contributed by atoms with Gasteiger partial charge in [-0.25, -0.2) is 9.97 Å². The van der Waals surface area contributed by atoms with E-state index in [2.05, 4.69) is 23.8 Å². The Kier molecular flexibility index (Phi) is 4.04. The number of thiophene rings is 1. The van der Waals surface area contributed by atoms with Gasteiger partial charge in [0, 0.05) is 37.4 Å². The van der Waals surface area contributed by atoms with Crippen LogP contribution in [0.4, 0.5) is 5.82 Å². The molecule has 6 heteroatoms. The Balaban J connectivity index is 1.98. The summed E-state index contributed by atoms with van der Waals surface area (Å²) in [5, 5.41) is 3.06. The standard InChI is InChI=1S/C16H22N4OS/c1-10-5-7-20(8-6-10)16(21)14-17-12-9-22-11(2)13(12)15(18-14)19(3)4/h9-10H,5-8H2,1-4H3. The molecule has 1 aliphatic heterocycles. The molecule has 0 aromatic carbocycles. The lowest BCUT2D eigenvalue weighted by atomic mass is 9.99. The third-order valence-corrected chi connectivity index (χ3v) is 5.20. The molecule has 0 radical (unpaired) electrons. The lowest BCUT2D eigenvalue weighted by Gasteiger charge is -2.29. The number of aromatic nitrogens is 2. The number of nitrogens with zero attached hydrogens (tertiary/aromatic N) is 4. The van der Waals surface area contributed by atoms with Crippen LogP contribution in [0.5, 0.6) is 0 Å². The van der Waals surface area contributed by atoms with E-state index in [1.807, 2.05) is 29.3 Å². The van der Waals surface area contributed by atoms with Crippen molar-refractivity contribution in [3.05, 3.63) is 16.1 Å².